The molecule has 1 heterocycles. The molecule has 0 aromatic heterocycles. The van der Waals surface area contributed by atoms with Crippen LogP contribution in [0.5, 0.6) is 0 Å². The third kappa shape index (κ3) is 1.88. The number of rotatable bonds is 1. The number of nitrogens with one attached hydrogen (secondary N) is 1. The van der Waals surface area contributed by atoms with E-state index in [1.165, 1.54) is 12.1 Å². The van der Waals surface area contributed by atoms with Gasteiger partial charge in [0.05, 0.1) is 6.04 Å². The summed E-state index contributed by atoms with van der Waals surface area (Å²) in [6, 6.07) is 13.7. The van der Waals surface area contributed by atoms with E-state index in [1.54, 1.807) is 12.1 Å². The minimum atomic E-state index is -0.263. The highest BCUT2D eigenvalue weighted by Crippen LogP contribution is 2.32. The van der Waals surface area contributed by atoms with Gasteiger partial charge in [-0.3, -0.25) is 4.79 Å². The van der Waals surface area contributed by atoms with Gasteiger partial charge in [-0.1, -0.05) is 24.3 Å². The van der Waals surface area contributed by atoms with E-state index in [1.807, 2.05) is 24.3 Å². The molecule has 90 valence electrons. The quantitative estimate of drug-likeness (QED) is 0.827. The van der Waals surface area contributed by atoms with Crippen LogP contribution >= 0.6 is 0 Å². The number of hydrogen-bond donors (Lipinski definition) is 1. The average molecular weight is 241 g/mol. The fraction of sp³-hybridized carbons (Fsp3) is 0.133. The Morgan fingerprint density at radius 1 is 1.06 bits per heavy atom. The second kappa shape index (κ2) is 4.26. The highest BCUT2D eigenvalue weighted by molar-refractivity contribution is 6.03. The van der Waals surface area contributed by atoms with Crippen molar-refractivity contribution in [2.24, 2.45) is 0 Å². The van der Waals surface area contributed by atoms with Crippen LogP contribution in [-0.4, -0.2) is 5.78 Å². The number of benzene rings is 2. The van der Waals surface area contributed by atoms with E-state index in [2.05, 4.69) is 5.32 Å². The first-order valence-electron chi connectivity index (χ1n) is 5.88. The van der Waals surface area contributed by atoms with Crippen molar-refractivity contribution < 1.29 is 9.18 Å². The van der Waals surface area contributed by atoms with Gasteiger partial charge in [-0.25, -0.2) is 4.39 Å². The third-order valence-corrected chi connectivity index (χ3v) is 3.22. The minimum absolute atomic E-state index is 0.0759. The maximum atomic E-state index is 12.9. The van der Waals surface area contributed by atoms with Gasteiger partial charge >= 0.3 is 0 Å². The molecule has 0 saturated carbocycles. The zero-order valence-corrected chi connectivity index (χ0v) is 9.69. The number of anilines is 1. The average Bonchev–Trinajstić information content (AvgIpc) is 2.39. The number of carbonyl (C=O) groups is 1. The Morgan fingerprint density at radius 2 is 1.78 bits per heavy atom. The fourth-order valence-corrected chi connectivity index (χ4v) is 2.28. The largest absolute Gasteiger partial charge is 0.377 e. The summed E-state index contributed by atoms with van der Waals surface area (Å²) < 4.78 is 12.9. The van der Waals surface area contributed by atoms with Crippen LogP contribution < -0.4 is 5.32 Å². The molecule has 0 aliphatic carbocycles. The fourth-order valence-electron chi connectivity index (χ4n) is 2.28. The van der Waals surface area contributed by atoms with Gasteiger partial charge in [-0.15, -0.1) is 0 Å². The number of ketones is 1. The van der Waals surface area contributed by atoms with Gasteiger partial charge in [0.1, 0.15) is 5.82 Å². The van der Waals surface area contributed by atoms with E-state index in [4.69, 9.17) is 0 Å². The predicted molar refractivity (Wildman–Crippen MR) is 68.2 cm³/mol. The molecule has 3 heteroatoms. The van der Waals surface area contributed by atoms with Crippen molar-refractivity contribution in [1.29, 1.82) is 0 Å². The molecule has 2 aromatic rings. The van der Waals surface area contributed by atoms with Crippen LogP contribution in [0.4, 0.5) is 10.1 Å². The zero-order valence-electron chi connectivity index (χ0n) is 9.69. The van der Waals surface area contributed by atoms with Crippen molar-refractivity contribution in [2.75, 3.05) is 5.32 Å². The highest BCUT2D eigenvalue weighted by Gasteiger charge is 2.24. The van der Waals surface area contributed by atoms with Crippen LogP contribution in [0.15, 0.2) is 48.5 Å². The molecule has 0 spiro atoms. The van der Waals surface area contributed by atoms with Crippen molar-refractivity contribution in [3.05, 3.63) is 65.5 Å². The lowest BCUT2D eigenvalue weighted by molar-refractivity contribution is 0.0972. The van der Waals surface area contributed by atoms with Gasteiger partial charge in [0.2, 0.25) is 0 Å². The maximum Gasteiger partial charge on any atom is 0.167 e. The summed E-state index contributed by atoms with van der Waals surface area (Å²) in [4.78, 5) is 12.0. The molecule has 0 amide bonds. The van der Waals surface area contributed by atoms with Crippen LogP contribution in [-0.2, 0) is 0 Å². The van der Waals surface area contributed by atoms with Crippen LogP contribution in [0.25, 0.3) is 0 Å². The highest BCUT2D eigenvalue weighted by atomic mass is 19.1. The number of Topliss-reactive ketones (excluding diaryl/α,β-unsaturated/α-hetero) is 1. The standard InChI is InChI=1S/C15H12FNO/c16-11-7-5-10(6-8-11)14-9-15(18)12-3-1-2-4-13(12)17-14/h1-8,14,17H,9H2. The van der Waals surface area contributed by atoms with E-state index < -0.39 is 0 Å². The van der Waals surface area contributed by atoms with Gasteiger partial charge in [-0.05, 0) is 29.8 Å². The van der Waals surface area contributed by atoms with Crippen molar-refractivity contribution in [3.63, 3.8) is 0 Å². The number of halogens is 1. The summed E-state index contributed by atoms with van der Waals surface area (Å²) in [5.41, 5.74) is 2.51. The molecule has 0 fully saturated rings. The Hall–Kier alpha value is -2.16. The zero-order chi connectivity index (χ0) is 12.5. The summed E-state index contributed by atoms with van der Waals surface area (Å²) in [7, 11) is 0. The van der Waals surface area contributed by atoms with Crippen LogP contribution in [0.3, 0.4) is 0 Å². The van der Waals surface area contributed by atoms with Crippen molar-refractivity contribution in [1.82, 2.24) is 0 Å². The predicted octanol–water partition coefficient (Wildman–Crippen LogP) is 3.57. The van der Waals surface area contributed by atoms with Crippen molar-refractivity contribution in [2.45, 2.75) is 12.5 Å². The summed E-state index contributed by atoms with van der Waals surface area (Å²) in [5, 5.41) is 3.32. The molecule has 3 rings (SSSR count). The molecule has 1 atom stereocenters. The van der Waals surface area contributed by atoms with Crippen LogP contribution in [0.1, 0.15) is 28.4 Å². The van der Waals surface area contributed by atoms with Crippen molar-refractivity contribution in [3.8, 4) is 0 Å². The molecule has 0 saturated heterocycles. The molecular formula is C15H12FNO. The van der Waals surface area contributed by atoms with E-state index in [0.29, 0.717) is 6.42 Å². The monoisotopic (exact) mass is 241 g/mol. The van der Waals surface area contributed by atoms with Crippen LogP contribution in [0, 0.1) is 5.82 Å². The first-order chi connectivity index (χ1) is 8.74. The molecule has 0 bridgehead atoms. The summed E-state index contributed by atoms with van der Waals surface area (Å²) in [6.07, 6.45) is 0.405. The van der Waals surface area contributed by atoms with E-state index in [-0.39, 0.29) is 17.6 Å². The molecule has 1 N–H and O–H groups in total. The Kier molecular flexibility index (Phi) is 2.59. The number of fused-ring (bicyclic) bond motifs is 1. The Bertz CT molecular complexity index is 592. The van der Waals surface area contributed by atoms with Gasteiger partial charge in [0, 0.05) is 17.7 Å². The summed E-state index contributed by atoms with van der Waals surface area (Å²) >= 11 is 0. The topological polar surface area (TPSA) is 29.1 Å². The molecule has 0 radical (unpaired) electrons. The molecular weight excluding hydrogens is 229 g/mol. The Morgan fingerprint density at radius 3 is 2.56 bits per heavy atom. The normalized spacial score (nSPS) is 18.1. The SMILES string of the molecule is O=C1CC(c2ccc(F)cc2)Nc2ccccc21. The van der Waals surface area contributed by atoms with Gasteiger partial charge in [0.15, 0.2) is 5.78 Å². The lowest BCUT2D eigenvalue weighted by Crippen LogP contribution is -2.22. The minimum Gasteiger partial charge on any atom is -0.377 e. The van der Waals surface area contributed by atoms with E-state index in [0.717, 1.165) is 16.8 Å². The van der Waals surface area contributed by atoms with Gasteiger partial charge in [-0.2, -0.15) is 0 Å². The number of carbonyl (C=O) groups excluding carboxylic acids is 1. The van der Waals surface area contributed by atoms with Gasteiger partial charge < -0.3 is 5.32 Å². The smallest absolute Gasteiger partial charge is 0.167 e. The Labute approximate surface area is 104 Å². The second-order valence-electron chi connectivity index (χ2n) is 4.42. The number of para-hydroxylation sites is 1. The summed E-state index contributed by atoms with van der Waals surface area (Å²) in [5.74, 6) is -0.139. The maximum absolute atomic E-state index is 12.9. The molecule has 1 unspecified atom stereocenters. The first kappa shape index (κ1) is 11.0. The van der Waals surface area contributed by atoms with E-state index in [9.17, 15) is 9.18 Å². The third-order valence-electron chi connectivity index (χ3n) is 3.22. The molecule has 1 aliphatic heterocycles. The lowest BCUT2D eigenvalue weighted by atomic mass is 9.92. The van der Waals surface area contributed by atoms with Gasteiger partial charge in [0.25, 0.3) is 0 Å². The second-order valence-corrected chi connectivity index (χ2v) is 4.42. The molecule has 1 aliphatic rings. The lowest BCUT2D eigenvalue weighted by Gasteiger charge is -2.26. The van der Waals surface area contributed by atoms with Crippen molar-refractivity contribution >= 4 is 11.5 Å². The molecule has 2 aromatic carbocycles. The molecule has 18 heavy (non-hydrogen) atoms. The molecule has 2 nitrogen and oxygen atoms in total. The first-order valence-corrected chi connectivity index (χ1v) is 5.88. The summed E-state index contributed by atoms with van der Waals surface area (Å²) in [6.45, 7) is 0. The van der Waals surface area contributed by atoms with Crippen LogP contribution in [0.2, 0.25) is 0 Å². The Balaban J connectivity index is 1.94. The number of hydrogen-bond acceptors (Lipinski definition) is 2. The van der Waals surface area contributed by atoms with E-state index >= 15 is 0 Å².